The number of hydrogen-bond donors (Lipinski definition) is 3. The first-order chi connectivity index (χ1) is 13.0. The monoisotopic (exact) mass is 370 g/mol. The zero-order valence-electron chi connectivity index (χ0n) is 15.8. The number of nitrogens with zero attached hydrogens (tertiary/aromatic N) is 4. The molecule has 27 heavy (non-hydrogen) atoms. The number of aromatic carboxylic acids is 1. The van der Waals surface area contributed by atoms with Gasteiger partial charge in [0.25, 0.3) is 0 Å². The van der Waals surface area contributed by atoms with Crippen LogP contribution in [0.15, 0.2) is 30.3 Å². The van der Waals surface area contributed by atoms with E-state index in [9.17, 15) is 9.90 Å². The number of benzene rings is 1. The maximum Gasteiger partial charge on any atom is 0.337 e. The molecule has 0 radical (unpaired) electrons. The third kappa shape index (κ3) is 5.38. The van der Waals surface area contributed by atoms with Crippen molar-refractivity contribution >= 4 is 23.4 Å². The van der Waals surface area contributed by atoms with Crippen LogP contribution >= 0.6 is 0 Å². The minimum absolute atomic E-state index is 0.207. The van der Waals surface area contributed by atoms with Gasteiger partial charge in [0.1, 0.15) is 5.82 Å². The van der Waals surface area contributed by atoms with Crippen molar-refractivity contribution in [1.29, 1.82) is 0 Å². The average molecular weight is 370 g/mol. The summed E-state index contributed by atoms with van der Waals surface area (Å²) >= 11 is 0. The fourth-order valence-electron chi connectivity index (χ4n) is 3.03. The zero-order chi connectivity index (χ0) is 19.2. The van der Waals surface area contributed by atoms with Gasteiger partial charge in [-0.2, -0.15) is 4.98 Å². The summed E-state index contributed by atoms with van der Waals surface area (Å²) in [6, 6.07) is 8.57. The topological polar surface area (TPSA) is 93.6 Å². The molecule has 0 amide bonds. The molecule has 0 aliphatic carbocycles. The number of carbonyl (C=O) groups is 1. The summed E-state index contributed by atoms with van der Waals surface area (Å²) in [4.78, 5) is 25.0. The zero-order valence-corrected chi connectivity index (χ0v) is 15.8. The number of aromatic nitrogens is 2. The lowest BCUT2D eigenvalue weighted by molar-refractivity contribution is 0.0698. The predicted octanol–water partition coefficient (Wildman–Crippen LogP) is 1.89. The van der Waals surface area contributed by atoms with Crippen LogP contribution in [0.1, 0.15) is 16.1 Å². The number of piperazine rings is 1. The molecule has 0 atom stereocenters. The van der Waals surface area contributed by atoms with Crippen molar-refractivity contribution in [1.82, 2.24) is 19.8 Å². The Morgan fingerprint density at radius 2 is 1.93 bits per heavy atom. The summed E-state index contributed by atoms with van der Waals surface area (Å²) in [5.41, 5.74) is 1.52. The van der Waals surface area contributed by atoms with E-state index in [1.807, 2.05) is 6.92 Å². The molecule has 0 saturated carbocycles. The Morgan fingerprint density at radius 3 is 2.67 bits per heavy atom. The van der Waals surface area contributed by atoms with E-state index in [4.69, 9.17) is 0 Å². The molecule has 2 heterocycles. The largest absolute Gasteiger partial charge is 0.478 e. The highest BCUT2D eigenvalue weighted by atomic mass is 16.4. The first-order valence-electron chi connectivity index (χ1n) is 9.11. The van der Waals surface area contributed by atoms with Gasteiger partial charge >= 0.3 is 5.97 Å². The van der Waals surface area contributed by atoms with E-state index in [1.54, 1.807) is 30.3 Å². The van der Waals surface area contributed by atoms with Gasteiger partial charge in [-0.25, -0.2) is 9.78 Å². The number of anilines is 3. The highest BCUT2D eigenvalue weighted by Crippen LogP contribution is 2.21. The Morgan fingerprint density at radius 1 is 1.19 bits per heavy atom. The summed E-state index contributed by atoms with van der Waals surface area (Å²) in [7, 11) is 2.15. The smallest absolute Gasteiger partial charge is 0.337 e. The van der Waals surface area contributed by atoms with Crippen LogP contribution < -0.4 is 10.6 Å². The van der Waals surface area contributed by atoms with E-state index in [1.165, 1.54) is 0 Å². The van der Waals surface area contributed by atoms with Gasteiger partial charge < -0.3 is 20.6 Å². The Kier molecular flexibility index (Phi) is 6.20. The molecular weight excluding hydrogens is 344 g/mol. The Labute approximate surface area is 159 Å². The van der Waals surface area contributed by atoms with Gasteiger partial charge in [-0.05, 0) is 26.1 Å². The number of carboxylic acids is 1. The maximum atomic E-state index is 11.4. The molecule has 2 aromatic rings. The van der Waals surface area contributed by atoms with Crippen LogP contribution in [0.2, 0.25) is 0 Å². The maximum absolute atomic E-state index is 11.4. The minimum Gasteiger partial charge on any atom is -0.478 e. The number of rotatable bonds is 7. The van der Waals surface area contributed by atoms with Crippen molar-refractivity contribution < 1.29 is 9.90 Å². The molecule has 0 unspecified atom stereocenters. The average Bonchev–Trinajstić information content (AvgIpc) is 2.63. The van der Waals surface area contributed by atoms with Gasteiger partial charge in [0, 0.05) is 51.0 Å². The molecule has 1 aliphatic rings. The number of aryl methyl sites for hydroxylation is 1. The van der Waals surface area contributed by atoms with Crippen molar-refractivity contribution in [2.45, 2.75) is 6.92 Å². The summed E-state index contributed by atoms with van der Waals surface area (Å²) in [6.07, 6.45) is 0. The third-order valence-corrected chi connectivity index (χ3v) is 4.58. The summed E-state index contributed by atoms with van der Waals surface area (Å²) in [5, 5.41) is 15.7. The number of likely N-dealkylation sites (N-methyl/N-ethyl adjacent to an activating group) is 1. The summed E-state index contributed by atoms with van der Waals surface area (Å²) in [5.74, 6) is 0.132. The number of nitrogens with one attached hydrogen (secondary N) is 2. The van der Waals surface area contributed by atoms with E-state index in [0.717, 1.165) is 45.0 Å². The van der Waals surface area contributed by atoms with Crippen molar-refractivity contribution in [3.63, 3.8) is 0 Å². The van der Waals surface area contributed by atoms with Gasteiger partial charge in [-0.15, -0.1) is 0 Å². The Bertz CT molecular complexity index is 790. The van der Waals surface area contributed by atoms with Crippen molar-refractivity contribution in [3.05, 3.63) is 41.6 Å². The molecule has 8 heteroatoms. The molecular formula is C19H26N6O2. The van der Waals surface area contributed by atoms with Crippen LogP contribution in [-0.4, -0.2) is 77.2 Å². The highest BCUT2D eigenvalue weighted by molar-refractivity contribution is 5.95. The van der Waals surface area contributed by atoms with Gasteiger partial charge in [0.05, 0.1) is 11.3 Å². The molecule has 1 saturated heterocycles. The molecule has 3 N–H and O–H groups in total. The lowest BCUT2D eigenvalue weighted by Crippen LogP contribution is -2.45. The highest BCUT2D eigenvalue weighted by Gasteiger charge is 2.13. The van der Waals surface area contributed by atoms with E-state index in [0.29, 0.717) is 17.5 Å². The van der Waals surface area contributed by atoms with Crippen LogP contribution in [0.4, 0.5) is 17.5 Å². The molecule has 1 aromatic carbocycles. The molecule has 0 bridgehead atoms. The second-order valence-electron chi connectivity index (χ2n) is 6.77. The predicted molar refractivity (Wildman–Crippen MR) is 106 cm³/mol. The third-order valence-electron chi connectivity index (χ3n) is 4.58. The van der Waals surface area contributed by atoms with Crippen LogP contribution in [0, 0.1) is 6.92 Å². The standard InChI is InChI=1S/C19H26N6O2/c1-14-13-17(22-16-6-4-3-5-15(16)18(26)27)23-19(21-14)20-7-8-25-11-9-24(2)10-12-25/h3-6,13H,7-12H2,1-2H3,(H,26,27)(H2,20,21,22,23). The van der Waals surface area contributed by atoms with Gasteiger partial charge in [0.15, 0.2) is 0 Å². The second-order valence-corrected chi connectivity index (χ2v) is 6.77. The molecule has 3 rings (SSSR count). The first-order valence-corrected chi connectivity index (χ1v) is 9.11. The molecule has 1 fully saturated rings. The van der Waals surface area contributed by atoms with E-state index in [-0.39, 0.29) is 5.56 Å². The number of hydrogen-bond acceptors (Lipinski definition) is 7. The quantitative estimate of drug-likeness (QED) is 0.680. The molecule has 1 aromatic heterocycles. The molecule has 8 nitrogen and oxygen atoms in total. The SMILES string of the molecule is Cc1cc(Nc2ccccc2C(=O)O)nc(NCCN2CCN(C)CC2)n1. The van der Waals surface area contributed by atoms with E-state index in [2.05, 4.69) is 37.4 Å². The fraction of sp³-hybridized carbons (Fsp3) is 0.421. The number of para-hydroxylation sites is 1. The van der Waals surface area contributed by atoms with Crippen molar-refractivity contribution in [2.24, 2.45) is 0 Å². The van der Waals surface area contributed by atoms with Gasteiger partial charge in [0.2, 0.25) is 5.95 Å². The molecule has 0 spiro atoms. The van der Waals surface area contributed by atoms with Gasteiger partial charge in [-0.3, -0.25) is 4.90 Å². The van der Waals surface area contributed by atoms with E-state index >= 15 is 0 Å². The van der Waals surface area contributed by atoms with Gasteiger partial charge in [-0.1, -0.05) is 12.1 Å². The Balaban J connectivity index is 1.62. The fourth-order valence-corrected chi connectivity index (χ4v) is 3.03. The van der Waals surface area contributed by atoms with Crippen molar-refractivity contribution in [2.75, 3.05) is 56.9 Å². The Hall–Kier alpha value is -2.71. The number of carboxylic acid groups (broad SMARTS) is 1. The summed E-state index contributed by atoms with van der Waals surface area (Å²) in [6.45, 7) is 7.93. The summed E-state index contributed by atoms with van der Waals surface area (Å²) < 4.78 is 0. The van der Waals surface area contributed by atoms with Crippen LogP contribution in [0.25, 0.3) is 0 Å². The second kappa shape index (κ2) is 8.79. The normalized spacial score (nSPS) is 15.5. The molecule has 1 aliphatic heterocycles. The van der Waals surface area contributed by atoms with Crippen LogP contribution in [0.3, 0.4) is 0 Å². The minimum atomic E-state index is -0.977. The lowest BCUT2D eigenvalue weighted by Gasteiger charge is -2.32. The van der Waals surface area contributed by atoms with Crippen LogP contribution in [-0.2, 0) is 0 Å². The van der Waals surface area contributed by atoms with Crippen LogP contribution in [0.5, 0.6) is 0 Å². The molecule has 144 valence electrons. The first kappa shape index (κ1) is 19.1. The van der Waals surface area contributed by atoms with E-state index < -0.39 is 5.97 Å². The lowest BCUT2D eigenvalue weighted by atomic mass is 10.2. The van der Waals surface area contributed by atoms with Crippen molar-refractivity contribution in [3.8, 4) is 0 Å².